The van der Waals surface area contributed by atoms with Gasteiger partial charge in [-0.05, 0) is 45.4 Å². The standard InChI is InChI=1S/C14H27N3/c1-10-6-11(2)13(4)17(8-10)12(3)7-14(5,16)9-15/h10-13H,6-8,16H2,1-5H3. The molecule has 1 heterocycles. The summed E-state index contributed by atoms with van der Waals surface area (Å²) in [5.74, 6) is 1.47. The van der Waals surface area contributed by atoms with Gasteiger partial charge in [0.15, 0.2) is 0 Å². The summed E-state index contributed by atoms with van der Waals surface area (Å²) in [4.78, 5) is 2.53. The van der Waals surface area contributed by atoms with Gasteiger partial charge in [0.2, 0.25) is 0 Å². The highest BCUT2D eigenvalue weighted by Crippen LogP contribution is 2.30. The molecule has 17 heavy (non-hydrogen) atoms. The number of rotatable bonds is 3. The topological polar surface area (TPSA) is 53.0 Å². The minimum atomic E-state index is -0.705. The predicted molar refractivity (Wildman–Crippen MR) is 71.4 cm³/mol. The summed E-state index contributed by atoms with van der Waals surface area (Å²) in [5, 5.41) is 9.02. The highest BCUT2D eigenvalue weighted by molar-refractivity contribution is 5.03. The first kappa shape index (κ1) is 14.5. The predicted octanol–water partition coefficient (Wildman–Crippen LogP) is 2.37. The number of hydrogen-bond acceptors (Lipinski definition) is 3. The van der Waals surface area contributed by atoms with Crippen LogP contribution in [-0.2, 0) is 0 Å². The third kappa shape index (κ3) is 3.69. The monoisotopic (exact) mass is 237 g/mol. The fourth-order valence-corrected chi connectivity index (χ4v) is 3.12. The van der Waals surface area contributed by atoms with Crippen molar-refractivity contribution in [2.24, 2.45) is 17.6 Å². The second kappa shape index (κ2) is 5.37. The first-order valence-electron chi connectivity index (χ1n) is 6.72. The Hall–Kier alpha value is -0.590. The molecule has 3 nitrogen and oxygen atoms in total. The molecule has 0 spiro atoms. The van der Waals surface area contributed by atoms with Crippen LogP contribution in [-0.4, -0.2) is 29.1 Å². The van der Waals surface area contributed by atoms with Crippen molar-refractivity contribution >= 4 is 0 Å². The molecule has 2 N–H and O–H groups in total. The van der Waals surface area contributed by atoms with E-state index < -0.39 is 5.54 Å². The fourth-order valence-electron chi connectivity index (χ4n) is 3.12. The van der Waals surface area contributed by atoms with Gasteiger partial charge in [-0.25, -0.2) is 0 Å². The third-order valence-electron chi connectivity index (χ3n) is 4.18. The molecule has 1 rings (SSSR count). The summed E-state index contributed by atoms with van der Waals surface area (Å²) in [6.07, 6.45) is 2.05. The Balaban J connectivity index is 2.68. The molecule has 3 heteroatoms. The van der Waals surface area contributed by atoms with E-state index in [-0.39, 0.29) is 0 Å². The summed E-state index contributed by atoms with van der Waals surface area (Å²) < 4.78 is 0. The Morgan fingerprint density at radius 1 is 1.47 bits per heavy atom. The maximum absolute atomic E-state index is 9.02. The van der Waals surface area contributed by atoms with Gasteiger partial charge in [-0.3, -0.25) is 4.90 Å². The van der Waals surface area contributed by atoms with Gasteiger partial charge in [0.1, 0.15) is 5.54 Å². The summed E-state index contributed by atoms with van der Waals surface area (Å²) >= 11 is 0. The molecule has 0 aromatic rings. The highest BCUT2D eigenvalue weighted by Gasteiger charge is 2.34. The van der Waals surface area contributed by atoms with Crippen LogP contribution in [0.5, 0.6) is 0 Å². The normalized spacial score (nSPS) is 35.9. The quantitative estimate of drug-likeness (QED) is 0.820. The molecule has 0 aromatic heterocycles. The highest BCUT2D eigenvalue weighted by atomic mass is 15.2. The average molecular weight is 237 g/mol. The summed E-state index contributed by atoms with van der Waals surface area (Å²) in [6.45, 7) is 12.1. The number of piperidine rings is 1. The van der Waals surface area contributed by atoms with Crippen molar-refractivity contribution < 1.29 is 0 Å². The van der Waals surface area contributed by atoms with Gasteiger partial charge in [0.05, 0.1) is 6.07 Å². The van der Waals surface area contributed by atoms with Crippen molar-refractivity contribution in [1.82, 2.24) is 4.90 Å². The molecule has 5 atom stereocenters. The molecular formula is C14H27N3. The van der Waals surface area contributed by atoms with Crippen LogP contribution >= 0.6 is 0 Å². The van der Waals surface area contributed by atoms with E-state index >= 15 is 0 Å². The maximum atomic E-state index is 9.02. The molecule has 0 saturated carbocycles. The van der Waals surface area contributed by atoms with Crippen molar-refractivity contribution in [3.05, 3.63) is 0 Å². The van der Waals surface area contributed by atoms with Gasteiger partial charge >= 0.3 is 0 Å². The van der Waals surface area contributed by atoms with Crippen molar-refractivity contribution in [1.29, 1.82) is 5.26 Å². The number of likely N-dealkylation sites (tertiary alicyclic amines) is 1. The molecule has 98 valence electrons. The van der Waals surface area contributed by atoms with Crippen molar-refractivity contribution in [2.75, 3.05) is 6.54 Å². The molecule has 0 aromatic carbocycles. The van der Waals surface area contributed by atoms with Crippen LogP contribution in [0.4, 0.5) is 0 Å². The molecular weight excluding hydrogens is 210 g/mol. The van der Waals surface area contributed by atoms with E-state index in [1.165, 1.54) is 6.42 Å². The van der Waals surface area contributed by atoms with Gasteiger partial charge in [0.25, 0.3) is 0 Å². The molecule has 1 aliphatic heterocycles. The van der Waals surface area contributed by atoms with Crippen LogP contribution in [0.2, 0.25) is 0 Å². The minimum absolute atomic E-state index is 0.379. The summed E-state index contributed by atoms with van der Waals surface area (Å²) in [7, 11) is 0. The van der Waals surface area contributed by atoms with Gasteiger partial charge in [-0.1, -0.05) is 13.8 Å². The molecule has 1 aliphatic rings. The molecule has 1 fully saturated rings. The van der Waals surface area contributed by atoms with Crippen LogP contribution in [0.15, 0.2) is 0 Å². The van der Waals surface area contributed by atoms with Gasteiger partial charge < -0.3 is 5.73 Å². The molecule has 5 unspecified atom stereocenters. The van der Waals surface area contributed by atoms with E-state index in [9.17, 15) is 0 Å². The van der Waals surface area contributed by atoms with Crippen LogP contribution in [0.1, 0.15) is 47.5 Å². The first-order chi connectivity index (χ1) is 7.76. The Morgan fingerprint density at radius 3 is 2.59 bits per heavy atom. The fraction of sp³-hybridized carbons (Fsp3) is 0.929. The molecule has 0 aliphatic carbocycles. The van der Waals surface area contributed by atoms with E-state index in [0.29, 0.717) is 12.1 Å². The van der Waals surface area contributed by atoms with Crippen molar-refractivity contribution in [3.63, 3.8) is 0 Å². The van der Waals surface area contributed by atoms with Crippen LogP contribution in [0.3, 0.4) is 0 Å². The van der Waals surface area contributed by atoms with E-state index in [1.807, 2.05) is 6.92 Å². The van der Waals surface area contributed by atoms with Gasteiger partial charge in [-0.15, -0.1) is 0 Å². The third-order valence-corrected chi connectivity index (χ3v) is 4.18. The summed E-state index contributed by atoms with van der Waals surface area (Å²) in [5.41, 5.74) is 5.25. The zero-order chi connectivity index (χ0) is 13.2. The number of nitrogens with zero attached hydrogens (tertiary/aromatic N) is 2. The lowest BCUT2D eigenvalue weighted by molar-refractivity contribution is 0.0389. The Morgan fingerprint density at radius 2 is 2.06 bits per heavy atom. The average Bonchev–Trinajstić information content (AvgIpc) is 2.22. The van der Waals surface area contributed by atoms with E-state index in [1.54, 1.807) is 0 Å². The Bertz CT molecular complexity index is 292. The van der Waals surface area contributed by atoms with Crippen molar-refractivity contribution in [3.8, 4) is 6.07 Å². The van der Waals surface area contributed by atoms with E-state index in [4.69, 9.17) is 11.0 Å². The lowest BCUT2D eigenvalue weighted by Crippen LogP contribution is -2.52. The number of nitriles is 1. The maximum Gasteiger partial charge on any atom is 0.102 e. The SMILES string of the molecule is CC1CC(C)C(C)N(C(C)CC(C)(N)C#N)C1. The molecule has 1 saturated heterocycles. The van der Waals surface area contributed by atoms with E-state index in [0.717, 1.165) is 24.8 Å². The van der Waals surface area contributed by atoms with Crippen LogP contribution in [0, 0.1) is 23.2 Å². The first-order valence-corrected chi connectivity index (χ1v) is 6.72. The largest absolute Gasteiger partial charge is 0.314 e. The Kier molecular flexibility index (Phi) is 4.57. The van der Waals surface area contributed by atoms with E-state index in [2.05, 4.69) is 38.7 Å². The number of hydrogen-bond donors (Lipinski definition) is 1. The van der Waals surface area contributed by atoms with Crippen molar-refractivity contribution in [2.45, 2.75) is 65.1 Å². The zero-order valence-electron chi connectivity index (χ0n) is 11.9. The zero-order valence-corrected chi connectivity index (χ0v) is 11.9. The summed E-state index contributed by atoms with van der Waals surface area (Å²) in [6, 6.07) is 3.17. The Labute approximate surface area is 106 Å². The second-order valence-corrected chi connectivity index (χ2v) is 6.34. The van der Waals surface area contributed by atoms with Crippen LogP contribution < -0.4 is 5.73 Å². The van der Waals surface area contributed by atoms with Crippen LogP contribution in [0.25, 0.3) is 0 Å². The molecule has 0 radical (unpaired) electrons. The molecule has 0 amide bonds. The number of nitrogens with two attached hydrogens (primary N) is 1. The molecule has 0 bridgehead atoms. The minimum Gasteiger partial charge on any atom is -0.314 e. The smallest absolute Gasteiger partial charge is 0.102 e. The van der Waals surface area contributed by atoms with Gasteiger partial charge in [-0.2, -0.15) is 5.26 Å². The lowest BCUT2D eigenvalue weighted by Gasteiger charge is -2.45. The lowest BCUT2D eigenvalue weighted by atomic mass is 9.83. The van der Waals surface area contributed by atoms with Gasteiger partial charge in [0, 0.05) is 18.6 Å². The second-order valence-electron chi connectivity index (χ2n) is 6.34.